The van der Waals surface area contributed by atoms with E-state index in [1.807, 2.05) is 43.1 Å². The van der Waals surface area contributed by atoms with E-state index < -0.39 is 0 Å². The molecule has 0 atom stereocenters. The molecule has 2 rings (SSSR count). The molecule has 0 N–H and O–H groups in total. The van der Waals surface area contributed by atoms with Gasteiger partial charge in [-0.2, -0.15) is 0 Å². The summed E-state index contributed by atoms with van der Waals surface area (Å²) in [4.78, 5) is 22.0. The van der Waals surface area contributed by atoms with Gasteiger partial charge in [-0.1, -0.05) is 12.1 Å². The Bertz CT molecular complexity index is 704. The summed E-state index contributed by atoms with van der Waals surface area (Å²) >= 11 is 0. The molecule has 0 fully saturated rings. The Balaban J connectivity index is 1.86. The molecule has 0 aliphatic rings. The van der Waals surface area contributed by atoms with Crippen molar-refractivity contribution in [3.05, 3.63) is 41.7 Å². The number of methoxy groups -OCH3 is 1. The monoisotopic (exact) mass is 329 g/mol. The van der Waals surface area contributed by atoms with E-state index in [2.05, 4.69) is 9.97 Å². The Morgan fingerprint density at radius 2 is 1.96 bits per heavy atom. The highest BCUT2D eigenvalue weighted by Gasteiger charge is 2.10. The first-order valence-electron chi connectivity index (χ1n) is 7.84. The topological polar surface area (TPSA) is 64.6 Å². The fourth-order valence-electron chi connectivity index (χ4n) is 2.31. The van der Waals surface area contributed by atoms with Gasteiger partial charge < -0.3 is 14.4 Å². The molecule has 0 unspecified atom stereocenters. The Kier molecular flexibility index (Phi) is 6.12. The lowest BCUT2D eigenvalue weighted by atomic mass is 10.2. The molecule has 0 aliphatic heterocycles. The number of hydrogen-bond acceptors (Lipinski definition) is 6. The number of carbonyl (C=O) groups is 1. The van der Waals surface area contributed by atoms with Crippen molar-refractivity contribution in [2.24, 2.45) is 0 Å². The van der Waals surface area contributed by atoms with Crippen LogP contribution in [0.15, 0.2) is 30.5 Å². The SMILES string of the molecule is COc1ccccc1OCCCN(C)c1ncc(C(C)=O)c(C)n1. The van der Waals surface area contributed by atoms with Gasteiger partial charge in [0.2, 0.25) is 5.95 Å². The lowest BCUT2D eigenvalue weighted by Gasteiger charge is -2.18. The van der Waals surface area contributed by atoms with E-state index in [0.717, 1.165) is 24.5 Å². The third-order valence-corrected chi connectivity index (χ3v) is 3.65. The first-order valence-corrected chi connectivity index (χ1v) is 7.84. The summed E-state index contributed by atoms with van der Waals surface area (Å²) in [6, 6.07) is 7.57. The minimum Gasteiger partial charge on any atom is -0.493 e. The molecule has 0 radical (unpaired) electrons. The molecule has 0 aliphatic carbocycles. The zero-order valence-corrected chi connectivity index (χ0v) is 14.6. The summed E-state index contributed by atoms with van der Waals surface area (Å²) in [6.07, 6.45) is 2.40. The molecule has 1 aromatic heterocycles. The third-order valence-electron chi connectivity index (χ3n) is 3.65. The number of aryl methyl sites for hydroxylation is 1. The van der Waals surface area contributed by atoms with E-state index >= 15 is 0 Å². The molecule has 1 aromatic carbocycles. The van der Waals surface area contributed by atoms with Crippen LogP contribution in [0.1, 0.15) is 29.4 Å². The fourth-order valence-corrected chi connectivity index (χ4v) is 2.31. The Labute approximate surface area is 142 Å². The molecule has 0 saturated heterocycles. The molecule has 24 heavy (non-hydrogen) atoms. The van der Waals surface area contributed by atoms with Crippen LogP contribution in [0.4, 0.5) is 5.95 Å². The standard InChI is InChI=1S/C18H23N3O3/c1-13-15(14(2)22)12-19-18(20-13)21(3)10-7-11-24-17-9-6-5-8-16(17)23-4/h5-6,8-9,12H,7,10-11H2,1-4H3. The van der Waals surface area contributed by atoms with Crippen molar-refractivity contribution in [1.29, 1.82) is 0 Å². The van der Waals surface area contributed by atoms with Crippen molar-refractivity contribution in [2.45, 2.75) is 20.3 Å². The van der Waals surface area contributed by atoms with Crippen molar-refractivity contribution < 1.29 is 14.3 Å². The van der Waals surface area contributed by atoms with Gasteiger partial charge >= 0.3 is 0 Å². The summed E-state index contributed by atoms with van der Waals surface area (Å²) in [5.41, 5.74) is 1.26. The number of Topliss-reactive ketones (excluding diaryl/α,β-unsaturated/α-hetero) is 1. The zero-order chi connectivity index (χ0) is 17.5. The predicted molar refractivity (Wildman–Crippen MR) is 93.1 cm³/mol. The van der Waals surface area contributed by atoms with E-state index in [0.29, 0.717) is 23.8 Å². The largest absolute Gasteiger partial charge is 0.493 e. The van der Waals surface area contributed by atoms with Crippen LogP contribution in [0.25, 0.3) is 0 Å². The van der Waals surface area contributed by atoms with Crippen LogP contribution >= 0.6 is 0 Å². The molecule has 2 aromatic rings. The number of aromatic nitrogens is 2. The van der Waals surface area contributed by atoms with Crippen LogP contribution in [0.3, 0.4) is 0 Å². The van der Waals surface area contributed by atoms with Gasteiger partial charge in [-0.05, 0) is 32.4 Å². The molecule has 6 heteroatoms. The third kappa shape index (κ3) is 4.44. The maximum atomic E-state index is 11.4. The van der Waals surface area contributed by atoms with Crippen LogP contribution in [0.2, 0.25) is 0 Å². The smallest absolute Gasteiger partial charge is 0.225 e. The van der Waals surface area contributed by atoms with Gasteiger partial charge in [-0.3, -0.25) is 4.79 Å². The maximum Gasteiger partial charge on any atom is 0.225 e. The van der Waals surface area contributed by atoms with Gasteiger partial charge in [0.05, 0.1) is 25.0 Å². The Hall–Kier alpha value is -2.63. The summed E-state index contributed by atoms with van der Waals surface area (Å²) in [7, 11) is 3.55. The lowest BCUT2D eigenvalue weighted by molar-refractivity contribution is 0.101. The first-order chi connectivity index (χ1) is 11.5. The van der Waals surface area contributed by atoms with E-state index in [1.54, 1.807) is 13.3 Å². The molecule has 1 heterocycles. The number of anilines is 1. The molecular weight excluding hydrogens is 306 g/mol. The van der Waals surface area contributed by atoms with Crippen molar-refractivity contribution in [3.8, 4) is 11.5 Å². The van der Waals surface area contributed by atoms with Crippen LogP contribution in [-0.2, 0) is 0 Å². The molecule has 0 amide bonds. The molecule has 128 valence electrons. The number of para-hydroxylation sites is 2. The van der Waals surface area contributed by atoms with E-state index in [9.17, 15) is 4.79 Å². The number of nitrogens with zero attached hydrogens (tertiary/aromatic N) is 3. The average Bonchev–Trinajstić information content (AvgIpc) is 2.58. The van der Waals surface area contributed by atoms with Crippen molar-refractivity contribution >= 4 is 11.7 Å². The molecule has 6 nitrogen and oxygen atoms in total. The Morgan fingerprint density at radius 3 is 2.58 bits per heavy atom. The van der Waals surface area contributed by atoms with Crippen molar-refractivity contribution in [2.75, 3.05) is 32.2 Å². The predicted octanol–water partition coefficient (Wildman–Crippen LogP) is 2.90. The molecule has 0 saturated carbocycles. The van der Waals surface area contributed by atoms with Gasteiger partial charge in [0.1, 0.15) is 0 Å². The molecular formula is C18H23N3O3. The van der Waals surface area contributed by atoms with E-state index in [-0.39, 0.29) is 5.78 Å². The number of hydrogen-bond donors (Lipinski definition) is 0. The second kappa shape index (κ2) is 8.29. The molecule has 0 bridgehead atoms. The van der Waals surface area contributed by atoms with Crippen molar-refractivity contribution in [3.63, 3.8) is 0 Å². The summed E-state index contributed by atoms with van der Waals surface area (Å²) in [5, 5.41) is 0. The minimum atomic E-state index is -0.0214. The van der Waals surface area contributed by atoms with Crippen LogP contribution in [0.5, 0.6) is 11.5 Å². The normalized spacial score (nSPS) is 10.3. The van der Waals surface area contributed by atoms with Gasteiger partial charge in [0.15, 0.2) is 17.3 Å². The number of ketones is 1. The maximum absolute atomic E-state index is 11.4. The van der Waals surface area contributed by atoms with Crippen LogP contribution in [0, 0.1) is 6.92 Å². The number of benzene rings is 1. The number of ether oxygens (including phenoxy) is 2. The average molecular weight is 329 g/mol. The Morgan fingerprint density at radius 1 is 1.25 bits per heavy atom. The lowest BCUT2D eigenvalue weighted by Crippen LogP contribution is -2.23. The molecule has 0 spiro atoms. The van der Waals surface area contributed by atoms with E-state index in [4.69, 9.17) is 9.47 Å². The van der Waals surface area contributed by atoms with Crippen LogP contribution in [-0.4, -0.2) is 43.1 Å². The van der Waals surface area contributed by atoms with Gasteiger partial charge in [0.25, 0.3) is 0 Å². The van der Waals surface area contributed by atoms with Gasteiger partial charge in [-0.25, -0.2) is 9.97 Å². The second-order valence-electron chi connectivity index (χ2n) is 5.50. The highest BCUT2D eigenvalue weighted by molar-refractivity contribution is 5.94. The van der Waals surface area contributed by atoms with Gasteiger partial charge in [-0.15, -0.1) is 0 Å². The quantitative estimate of drug-likeness (QED) is 0.548. The fraction of sp³-hybridized carbons (Fsp3) is 0.389. The summed E-state index contributed by atoms with van der Waals surface area (Å²) < 4.78 is 11.0. The van der Waals surface area contributed by atoms with Crippen molar-refractivity contribution in [1.82, 2.24) is 9.97 Å². The zero-order valence-electron chi connectivity index (χ0n) is 14.6. The van der Waals surface area contributed by atoms with Gasteiger partial charge in [0, 0.05) is 19.8 Å². The number of carbonyl (C=O) groups excluding carboxylic acids is 1. The van der Waals surface area contributed by atoms with Crippen LogP contribution < -0.4 is 14.4 Å². The summed E-state index contributed by atoms with van der Waals surface area (Å²) in [5.74, 6) is 2.05. The highest BCUT2D eigenvalue weighted by Crippen LogP contribution is 2.25. The first kappa shape index (κ1) is 17.7. The number of rotatable bonds is 8. The second-order valence-corrected chi connectivity index (χ2v) is 5.50. The summed E-state index contributed by atoms with van der Waals surface area (Å²) in [6.45, 7) is 4.65. The minimum absolute atomic E-state index is 0.0214. The highest BCUT2D eigenvalue weighted by atomic mass is 16.5. The van der Waals surface area contributed by atoms with E-state index in [1.165, 1.54) is 6.92 Å².